The maximum absolute atomic E-state index is 2.51. The van der Waals surface area contributed by atoms with Crippen molar-refractivity contribution in [2.75, 3.05) is 20.6 Å². The van der Waals surface area contributed by atoms with Crippen molar-refractivity contribution in [2.24, 2.45) is 0 Å². The molecule has 1 rings (SSSR count). The molecule has 0 saturated heterocycles. The summed E-state index contributed by atoms with van der Waals surface area (Å²) in [5, 5.41) is 0. The molecule has 0 aliphatic heterocycles. The normalized spacial score (nSPS) is 12.8. The van der Waals surface area contributed by atoms with Crippen LogP contribution < -0.4 is 0 Å². The lowest BCUT2D eigenvalue weighted by atomic mass is 9.96. The third kappa shape index (κ3) is 16.7. The monoisotopic (exact) mass is 472 g/mol. The zero-order valence-corrected chi connectivity index (χ0v) is 24.0. The Morgan fingerprint density at radius 1 is 0.529 bits per heavy atom. The fourth-order valence-corrected chi connectivity index (χ4v) is 5.46. The first-order chi connectivity index (χ1) is 16.6. The van der Waals surface area contributed by atoms with E-state index in [-0.39, 0.29) is 0 Å². The molecule has 1 aromatic carbocycles. The van der Waals surface area contributed by atoms with Gasteiger partial charge >= 0.3 is 0 Å². The van der Waals surface area contributed by atoms with E-state index in [1.807, 2.05) is 0 Å². The molecule has 0 bridgehead atoms. The van der Waals surface area contributed by atoms with Gasteiger partial charge in [0.1, 0.15) is 0 Å². The van der Waals surface area contributed by atoms with E-state index in [0.717, 1.165) is 6.04 Å². The van der Waals surface area contributed by atoms with Crippen LogP contribution in [0.15, 0.2) is 30.3 Å². The molecule has 34 heavy (non-hydrogen) atoms. The number of unbranched alkanes of at least 4 members (excludes halogenated alkanes) is 17. The molecule has 0 spiro atoms. The zero-order valence-electron chi connectivity index (χ0n) is 24.0. The van der Waals surface area contributed by atoms with Crippen LogP contribution in [0.3, 0.4) is 0 Å². The van der Waals surface area contributed by atoms with Gasteiger partial charge in [-0.2, -0.15) is 0 Å². The minimum atomic E-state index is 0.755. The highest BCUT2D eigenvalue weighted by Gasteiger charge is 2.27. The first-order valence-electron chi connectivity index (χ1n) is 15.5. The molecular weight excluding hydrogens is 410 g/mol. The van der Waals surface area contributed by atoms with Crippen molar-refractivity contribution in [3.63, 3.8) is 0 Å². The van der Waals surface area contributed by atoms with E-state index in [1.165, 1.54) is 151 Å². The van der Waals surface area contributed by atoms with Crippen molar-refractivity contribution >= 4 is 0 Å². The Balaban J connectivity index is 2.31. The van der Waals surface area contributed by atoms with Crippen molar-refractivity contribution in [2.45, 2.75) is 155 Å². The summed E-state index contributed by atoms with van der Waals surface area (Å²) in [5.74, 6) is 0. The molecule has 0 radical (unpaired) electrons. The molecule has 198 valence electrons. The Morgan fingerprint density at radius 3 is 1.41 bits per heavy atom. The van der Waals surface area contributed by atoms with E-state index in [9.17, 15) is 0 Å². The van der Waals surface area contributed by atoms with Crippen molar-refractivity contribution < 1.29 is 4.48 Å². The number of nitrogens with zero attached hydrogens (tertiary/aromatic N) is 1. The summed E-state index contributed by atoms with van der Waals surface area (Å²) in [7, 11) is 5.02. The lowest BCUT2D eigenvalue weighted by Crippen LogP contribution is -2.50. The first kappa shape index (κ1) is 31.2. The molecular formula is C33H62N+. The predicted molar refractivity (Wildman–Crippen MR) is 155 cm³/mol. The maximum Gasteiger partial charge on any atom is 0.0927 e. The lowest BCUT2D eigenvalue weighted by molar-refractivity contribution is -0.915. The number of rotatable bonds is 24. The smallest absolute Gasteiger partial charge is 0.0927 e. The molecule has 0 aliphatic carbocycles. The van der Waals surface area contributed by atoms with E-state index in [2.05, 4.69) is 58.3 Å². The molecule has 1 atom stereocenters. The minimum Gasteiger partial charge on any atom is -0.326 e. The third-order valence-corrected chi connectivity index (χ3v) is 8.03. The molecule has 0 amide bonds. The number of likely N-dealkylation sites (N-methyl/N-ethyl adjacent to an activating group) is 1. The highest BCUT2D eigenvalue weighted by Crippen LogP contribution is 2.22. The number of quaternary nitrogens is 1. The van der Waals surface area contributed by atoms with Gasteiger partial charge in [-0.25, -0.2) is 0 Å². The summed E-state index contributed by atoms with van der Waals surface area (Å²) in [5.41, 5.74) is 1.53. The fraction of sp³-hybridized carbons (Fsp3) is 0.818. The van der Waals surface area contributed by atoms with Crippen molar-refractivity contribution in [3.05, 3.63) is 35.9 Å². The van der Waals surface area contributed by atoms with Gasteiger partial charge in [-0.05, 0) is 31.2 Å². The van der Waals surface area contributed by atoms with Crippen LogP contribution in [-0.4, -0.2) is 31.2 Å². The van der Waals surface area contributed by atoms with E-state index in [1.54, 1.807) is 0 Å². The van der Waals surface area contributed by atoms with Gasteiger partial charge in [-0.1, -0.05) is 147 Å². The van der Waals surface area contributed by atoms with Crippen LogP contribution >= 0.6 is 0 Å². The molecule has 0 aliphatic rings. The van der Waals surface area contributed by atoms with E-state index < -0.39 is 0 Å². The summed E-state index contributed by atoms with van der Waals surface area (Å²) in [6.07, 6.45) is 29.8. The highest BCUT2D eigenvalue weighted by molar-refractivity contribution is 5.15. The van der Waals surface area contributed by atoms with Gasteiger partial charge in [0, 0.05) is 6.42 Å². The zero-order chi connectivity index (χ0) is 24.7. The third-order valence-electron chi connectivity index (χ3n) is 8.03. The van der Waals surface area contributed by atoms with Gasteiger partial charge in [0.2, 0.25) is 0 Å². The standard InChI is InChI=1S/C33H62N/c1-5-7-9-11-13-15-17-19-21-26-30-34(3,4)33(31-32-27-23-22-24-28-32)29-25-20-18-16-14-12-10-8-6-2/h22-24,27-28,33H,5-21,25-26,29-31H2,1-4H3/q+1. The summed E-state index contributed by atoms with van der Waals surface area (Å²) in [6, 6.07) is 12.0. The van der Waals surface area contributed by atoms with Crippen LogP contribution in [0, 0.1) is 0 Å². The van der Waals surface area contributed by atoms with E-state index >= 15 is 0 Å². The predicted octanol–water partition coefficient (Wildman–Crippen LogP) is 10.5. The van der Waals surface area contributed by atoms with Crippen LogP contribution in [0.1, 0.15) is 148 Å². The first-order valence-corrected chi connectivity index (χ1v) is 15.5. The number of benzene rings is 1. The molecule has 0 fully saturated rings. The Morgan fingerprint density at radius 2 is 0.941 bits per heavy atom. The molecule has 0 saturated carbocycles. The second kappa shape index (κ2) is 21.5. The molecule has 0 N–H and O–H groups in total. The number of hydrogen-bond acceptors (Lipinski definition) is 0. The lowest BCUT2D eigenvalue weighted by Gasteiger charge is -2.39. The largest absolute Gasteiger partial charge is 0.326 e. The van der Waals surface area contributed by atoms with Gasteiger partial charge in [-0.3, -0.25) is 0 Å². The average Bonchev–Trinajstić information content (AvgIpc) is 2.84. The van der Waals surface area contributed by atoms with E-state index in [4.69, 9.17) is 0 Å². The SMILES string of the molecule is CCCCCCCCCCCC[N+](C)(C)C(CCCCCCCCCCC)Cc1ccccc1. The van der Waals surface area contributed by atoms with Crippen LogP contribution in [0.4, 0.5) is 0 Å². The van der Waals surface area contributed by atoms with Crippen molar-refractivity contribution in [3.8, 4) is 0 Å². The van der Waals surface area contributed by atoms with Gasteiger partial charge in [0.25, 0.3) is 0 Å². The topological polar surface area (TPSA) is 0 Å². The van der Waals surface area contributed by atoms with Gasteiger partial charge in [0.05, 0.1) is 26.7 Å². The summed E-state index contributed by atoms with van der Waals surface area (Å²) < 4.78 is 1.20. The average molecular weight is 473 g/mol. The summed E-state index contributed by atoms with van der Waals surface area (Å²) in [4.78, 5) is 0. The molecule has 0 aromatic heterocycles. The Bertz CT molecular complexity index is 535. The molecule has 1 heteroatoms. The fourth-order valence-electron chi connectivity index (χ4n) is 5.46. The van der Waals surface area contributed by atoms with Crippen LogP contribution in [0.2, 0.25) is 0 Å². The highest BCUT2D eigenvalue weighted by atomic mass is 15.3. The maximum atomic E-state index is 2.51. The molecule has 1 nitrogen and oxygen atoms in total. The van der Waals surface area contributed by atoms with Crippen molar-refractivity contribution in [1.29, 1.82) is 0 Å². The summed E-state index contributed by atoms with van der Waals surface area (Å²) >= 11 is 0. The van der Waals surface area contributed by atoms with Gasteiger partial charge in [0.15, 0.2) is 0 Å². The van der Waals surface area contributed by atoms with Crippen LogP contribution in [0.5, 0.6) is 0 Å². The second-order valence-electron chi connectivity index (χ2n) is 11.6. The Labute approximate surface area is 215 Å². The quantitative estimate of drug-likeness (QED) is 0.104. The van der Waals surface area contributed by atoms with Crippen LogP contribution in [0.25, 0.3) is 0 Å². The van der Waals surface area contributed by atoms with Crippen molar-refractivity contribution in [1.82, 2.24) is 0 Å². The van der Waals surface area contributed by atoms with Gasteiger partial charge < -0.3 is 4.48 Å². The Kier molecular flexibility index (Phi) is 19.7. The Hall–Kier alpha value is -0.820. The molecule has 0 heterocycles. The summed E-state index contributed by atoms with van der Waals surface area (Å²) in [6.45, 7) is 5.95. The minimum absolute atomic E-state index is 0.755. The number of hydrogen-bond donors (Lipinski definition) is 0. The second-order valence-corrected chi connectivity index (χ2v) is 11.6. The van der Waals surface area contributed by atoms with Crippen LogP contribution in [-0.2, 0) is 6.42 Å². The molecule has 1 aromatic rings. The van der Waals surface area contributed by atoms with Gasteiger partial charge in [-0.15, -0.1) is 0 Å². The van der Waals surface area contributed by atoms with E-state index in [0.29, 0.717) is 0 Å². The molecule has 1 unspecified atom stereocenters.